The molecule has 0 aromatic carbocycles. The molecule has 1 aliphatic rings. The first-order valence-corrected chi connectivity index (χ1v) is 7.26. The Labute approximate surface area is 132 Å². The van der Waals surface area contributed by atoms with Gasteiger partial charge < -0.3 is 10.1 Å². The van der Waals surface area contributed by atoms with E-state index in [0.717, 1.165) is 43.1 Å². The molecular weight excluding hydrogens is 290 g/mol. The highest BCUT2D eigenvalue weighted by Gasteiger charge is 2.26. The van der Waals surface area contributed by atoms with Crippen LogP contribution in [0.2, 0.25) is 0 Å². The molecule has 0 saturated carbocycles. The second-order valence-electron chi connectivity index (χ2n) is 5.59. The molecule has 1 saturated heterocycles. The van der Waals surface area contributed by atoms with E-state index in [2.05, 4.69) is 15.3 Å². The lowest BCUT2D eigenvalue weighted by molar-refractivity contribution is 0.0373. The van der Waals surface area contributed by atoms with Crippen molar-refractivity contribution in [2.45, 2.75) is 52.6 Å². The Hall–Kier alpha value is -1.20. The fourth-order valence-corrected chi connectivity index (χ4v) is 2.66. The minimum absolute atomic E-state index is 0. The number of hydrogen-bond donors (Lipinski definition) is 1. The fraction of sp³-hybridized carbons (Fsp3) is 0.667. The monoisotopic (exact) mass is 313 g/mol. The minimum Gasteiger partial charge on any atom is -0.459 e. The summed E-state index contributed by atoms with van der Waals surface area (Å²) in [5.74, 6) is 0.731. The van der Waals surface area contributed by atoms with Gasteiger partial charge in [0.15, 0.2) is 0 Å². The van der Waals surface area contributed by atoms with Crippen molar-refractivity contribution in [3.05, 3.63) is 22.8 Å². The molecule has 1 N–H and O–H groups in total. The van der Waals surface area contributed by atoms with Gasteiger partial charge in [0, 0.05) is 5.92 Å². The third-order valence-electron chi connectivity index (χ3n) is 3.50. The maximum absolute atomic E-state index is 12.3. The number of aromatic nitrogens is 2. The summed E-state index contributed by atoms with van der Waals surface area (Å²) in [6, 6.07) is 0. The van der Waals surface area contributed by atoms with Gasteiger partial charge in [0.05, 0.1) is 17.5 Å². The van der Waals surface area contributed by atoms with E-state index in [-0.39, 0.29) is 24.5 Å². The standard InChI is InChI=1S/C15H23N3O2.ClH/c1-9(2)20-15(19)13-10(3)17-11(4)18-14(13)12-5-7-16-8-6-12;/h9,12,16H,5-8H2,1-4H3;1H. The van der Waals surface area contributed by atoms with Crippen molar-refractivity contribution in [3.63, 3.8) is 0 Å². The predicted octanol–water partition coefficient (Wildman–Crippen LogP) is 2.55. The summed E-state index contributed by atoms with van der Waals surface area (Å²) in [5.41, 5.74) is 2.15. The quantitative estimate of drug-likeness (QED) is 0.869. The van der Waals surface area contributed by atoms with Crippen LogP contribution < -0.4 is 5.32 Å². The maximum Gasteiger partial charge on any atom is 0.342 e. The molecule has 6 heteroatoms. The topological polar surface area (TPSA) is 64.1 Å². The van der Waals surface area contributed by atoms with E-state index < -0.39 is 0 Å². The first-order valence-electron chi connectivity index (χ1n) is 7.26. The van der Waals surface area contributed by atoms with Crippen LogP contribution in [-0.2, 0) is 4.74 Å². The van der Waals surface area contributed by atoms with E-state index in [1.165, 1.54) is 0 Å². The Balaban J connectivity index is 0.00000220. The summed E-state index contributed by atoms with van der Waals surface area (Å²) in [6.07, 6.45) is 1.86. The molecule has 0 radical (unpaired) electrons. The minimum atomic E-state index is -0.300. The number of piperidine rings is 1. The van der Waals surface area contributed by atoms with Crippen molar-refractivity contribution in [3.8, 4) is 0 Å². The zero-order valence-corrected chi connectivity index (χ0v) is 13.9. The number of rotatable bonds is 3. The first kappa shape index (κ1) is 17.9. The van der Waals surface area contributed by atoms with E-state index in [9.17, 15) is 4.79 Å². The number of halogens is 1. The maximum atomic E-state index is 12.3. The van der Waals surface area contributed by atoms with Crippen LogP contribution in [0.5, 0.6) is 0 Å². The molecule has 118 valence electrons. The normalized spacial score (nSPS) is 15.7. The first-order chi connectivity index (χ1) is 9.49. The zero-order chi connectivity index (χ0) is 14.7. The summed E-state index contributed by atoms with van der Waals surface area (Å²) in [7, 11) is 0. The molecule has 1 aliphatic heterocycles. The van der Waals surface area contributed by atoms with Gasteiger partial charge in [-0.15, -0.1) is 12.4 Å². The molecule has 0 spiro atoms. The van der Waals surface area contributed by atoms with E-state index in [0.29, 0.717) is 11.5 Å². The number of ether oxygens (including phenoxy) is 1. The van der Waals surface area contributed by atoms with Gasteiger partial charge in [-0.2, -0.15) is 0 Å². The van der Waals surface area contributed by atoms with Crippen LogP contribution in [0.25, 0.3) is 0 Å². The van der Waals surface area contributed by atoms with Crippen LogP contribution >= 0.6 is 12.4 Å². The SMILES string of the molecule is Cc1nc(C)c(C(=O)OC(C)C)c(C2CCNCC2)n1.Cl. The summed E-state index contributed by atoms with van der Waals surface area (Å²) < 4.78 is 5.35. The van der Waals surface area contributed by atoms with Crippen molar-refractivity contribution in [1.29, 1.82) is 0 Å². The Kier molecular flexibility index (Phi) is 6.55. The molecule has 0 bridgehead atoms. The second kappa shape index (κ2) is 7.71. The molecule has 5 nitrogen and oxygen atoms in total. The largest absolute Gasteiger partial charge is 0.459 e. The molecule has 0 atom stereocenters. The van der Waals surface area contributed by atoms with Gasteiger partial charge in [-0.3, -0.25) is 0 Å². The second-order valence-corrected chi connectivity index (χ2v) is 5.59. The van der Waals surface area contributed by atoms with Crippen LogP contribution in [0.3, 0.4) is 0 Å². The van der Waals surface area contributed by atoms with Crippen LogP contribution in [0.15, 0.2) is 0 Å². The van der Waals surface area contributed by atoms with E-state index in [1.54, 1.807) is 0 Å². The lowest BCUT2D eigenvalue weighted by Gasteiger charge is -2.24. The van der Waals surface area contributed by atoms with Gasteiger partial charge in [-0.1, -0.05) is 0 Å². The zero-order valence-electron chi connectivity index (χ0n) is 13.1. The number of esters is 1. The van der Waals surface area contributed by atoms with E-state index in [1.807, 2.05) is 27.7 Å². The number of nitrogens with zero attached hydrogens (tertiary/aromatic N) is 2. The highest BCUT2D eigenvalue weighted by Crippen LogP contribution is 2.28. The van der Waals surface area contributed by atoms with Crippen LogP contribution in [0.4, 0.5) is 0 Å². The van der Waals surface area contributed by atoms with E-state index in [4.69, 9.17) is 4.74 Å². The lowest BCUT2D eigenvalue weighted by Crippen LogP contribution is -2.29. The third kappa shape index (κ3) is 4.38. The lowest BCUT2D eigenvalue weighted by atomic mass is 9.90. The third-order valence-corrected chi connectivity index (χ3v) is 3.50. The van der Waals surface area contributed by atoms with Crippen LogP contribution in [-0.4, -0.2) is 35.1 Å². The molecule has 1 aromatic heterocycles. The summed E-state index contributed by atoms with van der Waals surface area (Å²) in [4.78, 5) is 21.2. The van der Waals surface area contributed by atoms with Gasteiger partial charge in [0.25, 0.3) is 0 Å². The van der Waals surface area contributed by atoms with Gasteiger partial charge in [0.1, 0.15) is 11.4 Å². The number of carbonyl (C=O) groups is 1. The Bertz CT molecular complexity index is 500. The molecule has 1 aromatic rings. The number of aryl methyl sites for hydroxylation is 2. The smallest absolute Gasteiger partial charge is 0.342 e. The molecule has 0 aliphatic carbocycles. The van der Waals surface area contributed by atoms with Crippen molar-refractivity contribution in [2.75, 3.05) is 13.1 Å². The number of carbonyl (C=O) groups excluding carboxylic acids is 1. The van der Waals surface area contributed by atoms with Gasteiger partial charge in [-0.05, 0) is 53.6 Å². The highest BCUT2D eigenvalue weighted by atomic mass is 35.5. The van der Waals surface area contributed by atoms with Crippen LogP contribution in [0.1, 0.15) is 60.2 Å². The molecule has 21 heavy (non-hydrogen) atoms. The van der Waals surface area contributed by atoms with Crippen molar-refractivity contribution < 1.29 is 9.53 Å². The van der Waals surface area contributed by atoms with Gasteiger partial charge in [0.2, 0.25) is 0 Å². The van der Waals surface area contributed by atoms with Crippen molar-refractivity contribution in [2.24, 2.45) is 0 Å². The van der Waals surface area contributed by atoms with Crippen molar-refractivity contribution >= 4 is 18.4 Å². The summed E-state index contributed by atoms with van der Waals surface area (Å²) in [5, 5.41) is 3.34. The molecular formula is C15H24ClN3O2. The van der Waals surface area contributed by atoms with Crippen LogP contribution in [0, 0.1) is 13.8 Å². The predicted molar refractivity (Wildman–Crippen MR) is 84.2 cm³/mol. The molecule has 2 rings (SSSR count). The Morgan fingerprint density at radius 2 is 1.86 bits per heavy atom. The summed E-state index contributed by atoms with van der Waals surface area (Å²) >= 11 is 0. The average Bonchev–Trinajstić information content (AvgIpc) is 2.37. The molecule has 1 fully saturated rings. The number of hydrogen-bond acceptors (Lipinski definition) is 5. The highest BCUT2D eigenvalue weighted by molar-refractivity contribution is 5.92. The average molecular weight is 314 g/mol. The Morgan fingerprint density at radius 3 is 2.43 bits per heavy atom. The van der Waals surface area contributed by atoms with Gasteiger partial charge in [-0.25, -0.2) is 14.8 Å². The molecule has 0 amide bonds. The fourth-order valence-electron chi connectivity index (χ4n) is 2.66. The van der Waals surface area contributed by atoms with Crippen molar-refractivity contribution in [1.82, 2.24) is 15.3 Å². The molecule has 2 heterocycles. The van der Waals surface area contributed by atoms with Gasteiger partial charge >= 0.3 is 5.97 Å². The number of nitrogens with one attached hydrogen (secondary N) is 1. The van der Waals surface area contributed by atoms with E-state index >= 15 is 0 Å². The Morgan fingerprint density at radius 1 is 1.24 bits per heavy atom. The summed E-state index contributed by atoms with van der Waals surface area (Å²) in [6.45, 7) is 9.36. The molecule has 0 unspecified atom stereocenters.